The number of phenolic OH excluding ortho intramolecular Hbond substituents is 1. The number of hydrogen-bond acceptors (Lipinski definition) is 5. The number of hydrogen-bond donors (Lipinski definition) is 1. The van der Waals surface area contributed by atoms with Crippen LogP contribution in [0.25, 0.3) is 11.0 Å². The summed E-state index contributed by atoms with van der Waals surface area (Å²) in [4.78, 5) is 23.9. The third kappa shape index (κ3) is 11.7. The van der Waals surface area contributed by atoms with Crippen LogP contribution in [0.2, 0.25) is 0 Å². The van der Waals surface area contributed by atoms with Crippen LogP contribution in [0.4, 0.5) is 0 Å². The second-order valence-corrected chi connectivity index (χ2v) is 9.39. The monoisotopic (exact) mass is 556 g/mol. The number of halogens is 1. The molecule has 0 bridgehead atoms. The first-order chi connectivity index (χ1) is 17.5. The number of unbranched alkanes of at least 4 members (excludes halogenated alkanes) is 4. The van der Waals surface area contributed by atoms with E-state index in [4.69, 9.17) is 9.15 Å². The van der Waals surface area contributed by atoms with Crippen LogP contribution in [0, 0.1) is 0 Å². The zero-order valence-electron chi connectivity index (χ0n) is 21.1. The van der Waals surface area contributed by atoms with E-state index in [1.54, 1.807) is 6.07 Å². The van der Waals surface area contributed by atoms with E-state index in [2.05, 4.69) is 71.5 Å². The van der Waals surface area contributed by atoms with Crippen molar-refractivity contribution in [2.75, 3.05) is 0 Å². The minimum atomic E-state index is -0.559. The highest BCUT2D eigenvalue weighted by Gasteiger charge is 2.11. The summed E-state index contributed by atoms with van der Waals surface area (Å²) in [5.74, 6) is -0.346. The minimum absolute atomic E-state index is 0.0253. The van der Waals surface area contributed by atoms with E-state index in [-0.39, 0.29) is 23.9 Å². The number of phenols is 1. The first kappa shape index (κ1) is 29.4. The lowest BCUT2D eigenvalue weighted by Crippen LogP contribution is -2.07. The van der Waals surface area contributed by atoms with E-state index in [0.717, 1.165) is 25.7 Å². The van der Waals surface area contributed by atoms with Crippen LogP contribution in [0.5, 0.6) is 5.75 Å². The van der Waals surface area contributed by atoms with Gasteiger partial charge in [0.1, 0.15) is 17.9 Å². The fourth-order valence-corrected chi connectivity index (χ4v) is 3.85. The van der Waals surface area contributed by atoms with Gasteiger partial charge in [0, 0.05) is 29.5 Å². The van der Waals surface area contributed by atoms with Crippen LogP contribution in [0.15, 0.2) is 80.5 Å². The zero-order chi connectivity index (χ0) is 26.0. The molecule has 6 heteroatoms. The molecule has 0 spiro atoms. The topological polar surface area (TPSA) is 76.7 Å². The Kier molecular flexibility index (Phi) is 14.3. The Labute approximate surface area is 222 Å². The van der Waals surface area contributed by atoms with Gasteiger partial charge >= 0.3 is 11.6 Å². The molecule has 194 valence electrons. The van der Waals surface area contributed by atoms with Gasteiger partial charge in [0.05, 0.1) is 4.47 Å². The molecule has 0 radical (unpaired) electrons. The quantitative estimate of drug-likeness (QED) is 0.0970. The van der Waals surface area contributed by atoms with Gasteiger partial charge in [-0.3, -0.25) is 4.79 Å². The number of carbonyl (C=O) groups is 1. The van der Waals surface area contributed by atoms with Gasteiger partial charge in [-0.15, -0.1) is 0 Å². The number of allylic oxidation sites excluding steroid dienone is 8. The first-order valence-electron chi connectivity index (χ1n) is 12.7. The molecule has 36 heavy (non-hydrogen) atoms. The van der Waals surface area contributed by atoms with Crippen molar-refractivity contribution in [2.24, 2.45) is 0 Å². The maximum atomic E-state index is 12.1. The summed E-state index contributed by atoms with van der Waals surface area (Å²) in [5, 5.41) is 10.4. The van der Waals surface area contributed by atoms with Gasteiger partial charge in [-0.25, -0.2) is 4.79 Å². The summed E-state index contributed by atoms with van der Waals surface area (Å²) < 4.78 is 10.9. The Hall–Kier alpha value is -2.86. The Morgan fingerprint density at radius 3 is 2.17 bits per heavy atom. The van der Waals surface area contributed by atoms with Crippen molar-refractivity contribution in [1.29, 1.82) is 0 Å². The largest absolute Gasteiger partial charge is 0.507 e. The standard InChI is InChI=1S/C30H37BrO5/c1-2-3-4-5-6-7-8-9-10-11-12-13-14-15-16-17-18-19-29(33)35-23-24-20-30(34)36-28-22-27(32)26(31)21-25(24)28/h6-7,9-10,12-13,15-16,20-22,32H,2-5,8,11,14,17-19,23H2,1H3/b7-6-,10-9-,13-12-,16-15-. The van der Waals surface area contributed by atoms with Crippen LogP contribution in [0.1, 0.15) is 76.7 Å². The molecule has 2 rings (SSSR count). The van der Waals surface area contributed by atoms with Crippen LogP contribution in [-0.4, -0.2) is 11.1 Å². The van der Waals surface area contributed by atoms with Gasteiger partial charge in [-0.1, -0.05) is 68.4 Å². The summed E-state index contributed by atoms with van der Waals surface area (Å²) in [5.41, 5.74) is 0.223. The van der Waals surface area contributed by atoms with Crippen molar-refractivity contribution >= 4 is 32.9 Å². The lowest BCUT2D eigenvalue weighted by Gasteiger charge is -2.08. The van der Waals surface area contributed by atoms with Crippen molar-refractivity contribution in [3.05, 3.63) is 87.3 Å². The fraction of sp³-hybridized carbons (Fsp3) is 0.400. The highest BCUT2D eigenvalue weighted by Crippen LogP contribution is 2.30. The Morgan fingerprint density at radius 1 is 0.917 bits per heavy atom. The molecule has 1 aromatic heterocycles. The number of carbonyl (C=O) groups excluding carboxylic acids is 1. The molecule has 0 unspecified atom stereocenters. The first-order valence-corrected chi connectivity index (χ1v) is 13.5. The van der Waals surface area contributed by atoms with Crippen LogP contribution >= 0.6 is 15.9 Å². The number of esters is 1. The third-order valence-corrected chi connectivity index (χ3v) is 6.13. The summed E-state index contributed by atoms with van der Waals surface area (Å²) in [7, 11) is 0. The molecule has 5 nitrogen and oxygen atoms in total. The average Bonchev–Trinajstić information content (AvgIpc) is 2.85. The molecule has 1 aromatic carbocycles. The van der Waals surface area contributed by atoms with Gasteiger partial charge < -0.3 is 14.3 Å². The summed E-state index contributed by atoms with van der Waals surface area (Å²) in [6.45, 7) is 2.20. The molecule has 1 N–H and O–H groups in total. The summed E-state index contributed by atoms with van der Waals surface area (Å²) >= 11 is 3.25. The Bertz CT molecular complexity index is 1120. The number of aromatic hydroxyl groups is 1. The van der Waals surface area contributed by atoms with Crippen molar-refractivity contribution in [2.45, 2.75) is 77.7 Å². The van der Waals surface area contributed by atoms with Gasteiger partial charge in [-0.2, -0.15) is 0 Å². The van der Waals surface area contributed by atoms with Crippen LogP contribution < -0.4 is 5.63 Å². The highest BCUT2D eigenvalue weighted by atomic mass is 79.9. The fourth-order valence-electron chi connectivity index (χ4n) is 3.51. The average molecular weight is 558 g/mol. The van der Waals surface area contributed by atoms with Crippen molar-refractivity contribution in [1.82, 2.24) is 0 Å². The predicted octanol–water partition coefficient (Wildman–Crippen LogP) is 8.45. The lowest BCUT2D eigenvalue weighted by atomic mass is 10.1. The van der Waals surface area contributed by atoms with E-state index in [1.807, 2.05) is 0 Å². The van der Waals surface area contributed by atoms with Gasteiger partial charge in [-0.05, 0) is 66.9 Å². The predicted molar refractivity (Wildman–Crippen MR) is 150 cm³/mol. The number of benzene rings is 1. The molecule has 0 saturated heterocycles. The molecule has 0 aliphatic rings. The van der Waals surface area contributed by atoms with Crippen molar-refractivity contribution in [3.63, 3.8) is 0 Å². The molecular formula is C30H37BrO5. The summed E-state index contributed by atoms with van der Waals surface area (Å²) in [6.07, 6.45) is 27.1. The molecule has 0 aliphatic heterocycles. The highest BCUT2D eigenvalue weighted by molar-refractivity contribution is 9.10. The maximum Gasteiger partial charge on any atom is 0.336 e. The third-order valence-electron chi connectivity index (χ3n) is 5.50. The van der Waals surface area contributed by atoms with Gasteiger partial charge in [0.2, 0.25) is 0 Å². The van der Waals surface area contributed by atoms with E-state index in [0.29, 0.717) is 28.3 Å². The Morgan fingerprint density at radius 2 is 1.53 bits per heavy atom. The molecule has 0 aliphatic carbocycles. The van der Waals surface area contributed by atoms with E-state index < -0.39 is 5.63 Å². The molecule has 0 atom stereocenters. The van der Waals surface area contributed by atoms with Crippen LogP contribution in [-0.2, 0) is 16.1 Å². The van der Waals surface area contributed by atoms with E-state index >= 15 is 0 Å². The molecule has 0 fully saturated rings. The molecule has 1 heterocycles. The van der Waals surface area contributed by atoms with E-state index in [1.165, 1.54) is 37.8 Å². The smallest absolute Gasteiger partial charge is 0.336 e. The number of rotatable bonds is 16. The number of fused-ring (bicyclic) bond motifs is 1. The minimum Gasteiger partial charge on any atom is -0.507 e. The Balaban J connectivity index is 1.58. The summed E-state index contributed by atoms with van der Waals surface area (Å²) in [6, 6.07) is 4.30. The number of ether oxygens (including phenoxy) is 1. The van der Waals surface area contributed by atoms with Crippen molar-refractivity contribution < 1.29 is 19.1 Å². The van der Waals surface area contributed by atoms with Gasteiger partial charge in [0.25, 0.3) is 0 Å². The molecule has 0 amide bonds. The zero-order valence-corrected chi connectivity index (χ0v) is 22.7. The SMILES string of the molecule is CCCCC/C=C\C/C=C\C/C=C\C/C=C\CCCC(=O)OCc1cc(=O)oc2cc(O)c(Br)cc12. The second-order valence-electron chi connectivity index (χ2n) is 8.53. The lowest BCUT2D eigenvalue weighted by molar-refractivity contribution is -0.145. The van der Waals surface area contributed by atoms with Gasteiger partial charge in [0.15, 0.2) is 0 Å². The van der Waals surface area contributed by atoms with Crippen LogP contribution in [0.3, 0.4) is 0 Å². The molecular weight excluding hydrogens is 520 g/mol. The normalized spacial score (nSPS) is 12.2. The molecule has 0 saturated carbocycles. The maximum absolute atomic E-state index is 12.1. The van der Waals surface area contributed by atoms with Crippen molar-refractivity contribution in [3.8, 4) is 5.75 Å². The molecule has 2 aromatic rings. The second kappa shape index (κ2) is 17.6. The van der Waals surface area contributed by atoms with E-state index in [9.17, 15) is 14.7 Å².